The van der Waals surface area contributed by atoms with Gasteiger partial charge in [-0.05, 0) is 30.5 Å². The lowest BCUT2D eigenvalue weighted by Crippen LogP contribution is -2.10. The van der Waals surface area contributed by atoms with Crippen LogP contribution in [0.1, 0.15) is 26.7 Å². The van der Waals surface area contributed by atoms with Gasteiger partial charge in [0.05, 0.1) is 0 Å². The smallest absolute Gasteiger partial charge is 0.0360 e. The molecule has 0 fully saturated rings. The first kappa shape index (κ1) is 10.9. The Morgan fingerprint density at radius 2 is 2.21 bits per heavy atom. The summed E-state index contributed by atoms with van der Waals surface area (Å²) in [7, 11) is 0. The van der Waals surface area contributed by atoms with Crippen LogP contribution in [0.4, 0.5) is 11.4 Å². The second kappa shape index (κ2) is 5.53. The summed E-state index contributed by atoms with van der Waals surface area (Å²) in [5.74, 6) is 0.724. The van der Waals surface area contributed by atoms with Crippen LogP contribution in [0.5, 0.6) is 0 Å². The number of hydrogen-bond donors (Lipinski definition) is 2. The van der Waals surface area contributed by atoms with Crippen LogP contribution in [-0.2, 0) is 0 Å². The van der Waals surface area contributed by atoms with Crippen LogP contribution in [0, 0.1) is 5.92 Å². The SMILES string of the molecule is CCCC(C)CNc1cccc(N)c1. The molecule has 0 aliphatic rings. The van der Waals surface area contributed by atoms with E-state index in [2.05, 4.69) is 25.2 Å². The number of nitrogen functional groups attached to an aromatic ring is 1. The monoisotopic (exact) mass is 192 g/mol. The molecule has 0 spiro atoms. The van der Waals surface area contributed by atoms with Crippen molar-refractivity contribution in [1.29, 1.82) is 0 Å². The summed E-state index contributed by atoms with van der Waals surface area (Å²) >= 11 is 0. The van der Waals surface area contributed by atoms with Gasteiger partial charge < -0.3 is 11.1 Å². The first-order valence-electron chi connectivity index (χ1n) is 5.31. The van der Waals surface area contributed by atoms with E-state index in [1.165, 1.54) is 12.8 Å². The zero-order chi connectivity index (χ0) is 10.4. The van der Waals surface area contributed by atoms with Crippen LogP contribution in [0.25, 0.3) is 0 Å². The molecule has 0 saturated heterocycles. The molecule has 0 aliphatic heterocycles. The summed E-state index contributed by atoms with van der Waals surface area (Å²) < 4.78 is 0. The Morgan fingerprint density at radius 3 is 2.86 bits per heavy atom. The maximum Gasteiger partial charge on any atom is 0.0360 e. The molecule has 78 valence electrons. The van der Waals surface area contributed by atoms with E-state index < -0.39 is 0 Å². The van der Waals surface area contributed by atoms with Gasteiger partial charge in [-0.25, -0.2) is 0 Å². The molecule has 1 unspecified atom stereocenters. The molecule has 0 aliphatic carbocycles. The second-order valence-corrected chi connectivity index (χ2v) is 3.90. The van der Waals surface area contributed by atoms with Gasteiger partial charge in [-0.15, -0.1) is 0 Å². The van der Waals surface area contributed by atoms with Gasteiger partial charge in [0.1, 0.15) is 0 Å². The zero-order valence-electron chi connectivity index (χ0n) is 9.09. The van der Waals surface area contributed by atoms with E-state index in [0.29, 0.717) is 0 Å². The fourth-order valence-electron chi connectivity index (χ4n) is 1.54. The number of nitrogens with one attached hydrogen (secondary N) is 1. The Labute approximate surface area is 86.5 Å². The van der Waals surface area contributed by atoms with Gasteiger partial charge in [0, 0.05) is 17.9 Å². The largest absolute Gasteiger partial charge is 0.399 e. The van der Waals surface area contributed by atoms with E-state index in [1.807, 2.05) is 18.2 Å². The Hall–Kier alpha value is -1.18. The van der Waals surface area contributed by atoms with Gasteiger partial charge in [0.25, 0.3) is 0 Å². The molecule has 14 heavy (non-hydrogen) atoms. The Kier molecular flexibility index (Phi) is 4.30. The lowest BCUT2D eigenvalue weighted by molar-refractivity contribution is 0.551. The van der Waals surface area contributed by atoms with Crippen LogP contribution >= 0.6 is 0 Å². The van der Waals surface area contributed by atoms with Crippen molar-refractivity contribution >= 4 is 11.4 Å². The van der Waals surface area contributed by atoms with E-state index in [9.17, 15) is 0 Å². The molecule has 3 N–H and O–H groups in total. The summed E-state index contributed by atoms with van der Waals surface area (Å²) in [4.78, 5) is 0. The standard InChI is InChI=1S/C12H20N2/c1-3-5-10(2)9-14-12-7-4-6-11(13)8-12/h4,6-8,10,14H,3,5,9,13H2,1-2H3. The summed E-state index contributed by atoms with van der Waals surface area (Å²) in [6.07, 6.45) is 2.52. The first-order chi connectivity index (χ1) is 6.72. The molecule has 1 aromatic carbocycles. The fraction of sp³-hybridized carbons (Fsp3) is 0.500. The normalized spacial score (nSPS) is 12.4. The molecule has 0 bridgehead atoms. The van der Waals surface area contributed by atoms with Gasteiger partial charge in [-0.1, -0.05) is 26.3 Å². The third kappa shape index (κ3) is 3.69. The minimum Gasteiger partial charge on any atom is -0.399 e. The minimum atomic E-state index is 0.724. The summed E-state index contributed by atoms with van der Waals surface area (Å²) in [6.45, 7) is 5.51. The fourth-order valence-corrected chi connectivity index (χ4v) is 1.54. The Morgan fingerprint density at radius 1 is 1.43 bits per heavy atom. The molecule has 1 aromatic rings. The number of anilines is 2. The third-order valence-corrected chi connectivity index (χ3v) is 2.32. The van der Waals surface area contributed by atoms with Crippen molar-refractivity contribution in [2.24, 2.45) is 5.92 Å². The Bertz CT molecular complexity index is 271. The molecule has 0 saturated carbocycles. The summed E-state index contributed by atoms with van der Waals surface area (Å²) in [5, 5.41) is 3.39. The molecule has 0 amide bonds. The van der Waals surface area contributed by atoms with Crippen molar-refractivity contribution in [3.63, 3.8) is 0 Å². The highest BCUT2D eigenvalue weighted by atomic mass is 14.9. The molecule has 0 aromatic heterocycles. The third-order valence-electron chi connectivity index (χ3n) is 2.32. The van der Waals surface area contributed by atoms with E-state index in [0.717, 1.165) is 23.8 Å². The molecule has 1 rings (SSSR count). The van der Waals surface area contributed by atoms with Crippen molar-refractivity contribution in [2.45, 2.75) is 26.7 Å². The zero-order valence-corrected chi connectivity index (χ0v) is 9.09. The van der Waals surface area contributed by atoms with Gasteiger partial charge >= 0.3 is 0 Å². The van der Waals surface area contributed by atoms with Crippen molar-refractivity contribution in [2.75, 3.05) is 17.6 Å². The molecule has 0 radical (unpaired) electrons. The lowest BCUT2D eigenvalue weighted by Gasteiger charge is -2.12. The van der Waals surface area contributed by atoms with Gasteiger partial charge in [-0.2, -0.15) is 0 Å². The molecule has 1 atom stereocenters. The highest BCUT2D eigenvalue weighted by Crippen LogP contribution is 2.13. The maximum atomic E-state index is 5.68. The van der Waals surface area contributed by atoms with Crippen molar-refractivity contribution in [1.82, 2.24) is 0 Å². The highest BCUT2D eigenvalue weighted by Gasteiger charge is 1.99. The first-order valence-corrected chi connectivity index (χ1v) is 5.31. The maximum absolute atomic E-state index is 5.68. The van der Waals surface area contributed by atoms with Gasteiger partial charge in [0.15, 0.2) is 0 Å². The number of benzene rings is 1. The topological polar surface area (TPSA) is 38.0 Å². The lowest BCUT2D eigenvalue weighted by atomic mass is 10.1. The van der Waals surface area contributed by atoms with Gasteiger partial charge in [0.2, 0.25) is 0 Å². The van der Waals surface area contributed by atoms with Crippen LogP contribution in [0.15, 0.2) is 24.3 Å². The molecular formula is C12H20N2. The van der Waals surface area contributed by atoms with E-state index in [1.54, 1.807) is 0 Å². The van der Waals surface area contributed by atoms with Gasteiger partial charge in [-0.3, -0.25) is 0 Å². The minimum absolute atomic E-state index is 0.724. The van der Waals surface area contributed by atoms with Crippen molar-refractivity contribution in [3.05, 3.63) is 24.3 Å². The van der Waals surface area contributed by atoms with Crippen molar-refractivity contribution < 1.29 is 0 Å². The van der Waals surface area contributed by atoms with Crippen LogP contribution in [0.3, 0.4) is 0 Å². The number of nitrogens with two attached hydrogens (primary N) is 1. The van der Waals surface area contributed by atoms with E-state index in [-0.39, 0.29) is 0 Å². The quantitative estimate of drug-likeness (QED) is 0.703. The van der Waals surface area contributed by atoms with Crippen LogP contribution in [-0.4, -0.2) is 6.54 Å². The average molecular weight is 192 g/mol. The predicted molar refractivity (Wildman–Crippen MR) is 63.4 cm³/mol. The molecule has 2 heteroatoms. The molecular weight excluding hydrogens is 172 g/mol. The summed E-state index contributed by atoms with van der Waals surface area (Å²) in [5.41, 5.74) is 7.62. The highest BCUT2D eigenvalue weighted by molar-refractivity contribution is 5.53. The predicted octanol–water partition coefficient (Wildman–Crippen LogP) is 3.12. The van der Waals surface area contributed by atoms with Crippen LogP contribution < -0.4 is 11.1 Å². The summed E-state index contributed by atoms with van der Waals surface area (Å²) in [6, 6.07) is 7.90. The second-order valence-electron chi connectivity index (χ2n) is 3.90. The average Bonchev–Trinajstić information content (AvgIpc) is 2.15. The molecule has 2 nitrogen and oxygen atoms in total. The van der Waals surface area contributed by atoms with Crippen molar-refractivity contribution in [3.8, 4) is 0 Å². The number of rotatable bonds is 5. The Balaban J connectivity index is 2.37. The van der Waals surface area contributed by atoms with E-state index in [4.69, 9.17) is 5.73 Å². The van der Waals surface area contributed by atoms with Crippen LogP contribution in [0.2, 0.25) is 0 Å². The van der Waals surface area contributed by atoms with E-state index >= 15 is 0 Å². The molecule has 0 heterocycles. The number of hydrogen-bond acceptors (Lipinski definition) is 2.